The van der Waals surface area contributed by atoms with Crippen LogP contribution in [0.15, 0.2) is 0 Å². The predicted molar refractivity (Wildman–Crippen MR) is 72.6 cm³/mol. The molecule has 0 aliphatic heterocycles. The van der Waals surface area contributed by atoms with Crippen molar-refractivity contribution in [2.45, 2.75) is 26.3 Å². The third-order valence-corrected chi connectivity index (χ3v) is 3.50. The van der Waals surface area contributed by atoms with Gasteiger partial charge in [0.15, 0.2) is 0 Å². The smallest absolute Gasteiger partial charge is 0.131 e. The first-order valence-corrected chi connectivity index (χ1v) is 6.65. The predicted octanol–water partition coefficient (Wildman–Crippen LogP) is 1.05. The first kappa shape index (κ1) is 13.4. The van der Waals surface area contributed by atoms with E-state index in [2.05, 4.69) is 17.0 Å². The standard InChI is InChI=1S/C13H24N4O/c1-10-12(8-14)13(17(3)15-10)16(2)6-7-18-9-11-4-5-11/h11H,4-9,14H2,1-3H3. The van der Waals surface area contributed by atoms with Gasteiger partial charge in [0, 0.05) is 39.4 Å². The molecule has 1 aliphatic carbocycles. The molecule has 1 aromatic heterocycles. The number of hydrogen-bond acceptors (Lipinski definition) is 4. The molecule has 102 valence electrons. The number of likely N-dealkylation sites (N-methyl/N-ethyl adjacent to an activating group) is 1. The van der Waals surface area contributed by atoms with Gasteiger partial charge in [-0.1, -0.05) is 0 Å². The van der Waals surface area contributed by atoms with Gasteiger partial charge in [-0.15, -0.1) is 0 Å². The van der Waals surface area contributed by atoms with Crippen LogP contribution in [0.1, 0.15) is 24.1 Å². The fourth-order valence-corrected chi connectivity index (χ4v) is 2.25. The van der Waals surface area contributed by atoms with Crippen molar-refractivity contribution in [3.05, 3.63) is 11.3 Å². The summed E-state index contributed by atoms with van der Waals surface area (Å²) in [6.07, 6.45) is 2.68. The molecule has 0 atom stereocenters. The van der Waals surface area contributed by atoms with Crippen LogP contribution in [0.4, 0.5) is 5.82 Å². The molecule has 0 amide bonds. The number of hydrogen-bond donors (Lipinski definition) is 1. The molecule has 5 heteroatoms. The molecule has 18 heavy (non-hydrogen) atoms. The van der Waals surface area contributed by atoms with Crippen LogP contribution in [-0.4, -0.2) is 36.6 Å². The van der Waals surface area contributed by atoms with Gasteiger partial charge in [0.2, 0.25) is 0 Å². The number of aromatic nitrogens is 2. The molecule has 5 nitrogen and oxygen atoms in total. The molecule has 0 bridgehead atoms. The van der Waals surface area contributed by atoms with Crippen molar-refractivity contribution in [2.24, 2.45) is 18.7 Å². The molecule has 1 heterocycles. The van der Waals surface area contributed by atoms with E-state index in [1.807, 2.05) is 18.7 Å². The maximum absolute atomic E-state index is 5.79. The number of aryl methyl sites for hydroxylation is 2. The second-order valence-electron chi connectivity index (χ2n) is 5.16. The van der Waals surface area contributed by atoms with Crippen molar-refractivity contribution in [1.29, 1.82) is 0 Å². The fourth-order valence-electron chi connectivity index (χ4n) is 2.25. The number of rotatable bonds is 7. The number of ether oxygens (including phenoxy) is 1. The summed E-state index contributed by atoms with van der Waals surface area (Å²) in [6.45, 7) is 5.09. The highest BCUT2D eigenvalue weighted by molar-refractivity contribution is 5.49. The highest BCUT2D eigenvalue weighted by atomic mass is 16.5. The summed E-state index contributed by atoms with van der Waals surface area (Å²) in [4.78, 5) is 2.18. The Morgan fingerprint density at radius 2 is 2.22 bits per heavy atom. The molecule has 1 aliphatic rings. The van der Waals surface area contributed by atoms with E-state index < -0.39 is 0 Å². The van der Waals surface area contributed by atoms with Crippen LogP contribution in [0.3, 0.4) is 0 Å². The van der Waals surface area contributed by atoms with Gasteiger partial charge in [-0.3, -0.25) is 4.68 Å². The lowest BCUT2D eigenvalue weighted by Gasteiger charge is -2.20. The second kappa shape index (κ2) is 5.71. The number of nitrogens with zero attached hydrogens (tertiary/aromatic N) is 3. The Bertz CT molecular complexity index is 398. The second-order valence-corrected chi connectivity index (χ2v) is 5.16. The summed E-state index contributed by atoms with van der Waals surface area (Å²) in [5.74, 6) is 1.93. The Labute approximate surface area is 109 Å². The monoisotopic (exact) mass is 252 g/mol. The van der Waals surface area contributed by atoms with Gasteiger partial charge in [0.25, 0.3) is 0 Å². The van der Waals surface area contributed by atoms with Crippen LogP contribution in [-0.2, 0) is 18.3 Å². The van der Waals surface area contributed by atoms with E-state index in [0.29, 0.717) is 6.54 Å². The minimum Gasteiger partial charge on any atom is -0.379 e. The molecule has 2 rings (SSSR count). The fraction of sp³-hybridized carbons (Fsp3) is 0.769. The van der Waals surface area contributed by atoms with E-state index in [4.69, 9.17) is 10.5 Å². The lowest BCUT2D eigenvalue weighted by atomic mass is 10.2. The average molecular weight is 252 g/mol. The van der Waals surface area contributed by atoms with Crippen LogP contribution in [0.25, 0.3) is 0 Å². The summed E-state index contributed by atoms with van der Waals surface area (Å²) in [5, 5.41) is 4.42. The van der Waals surface area contributed by atoms with Gasteiger partial charge in [-0.05, 0) is 25.7 Å². The zero-order valence-corrected chi connectivity index (χ0v) is 11.6. The molecule has 1 fully saturated rings. The van der Waals surface area contributed by atoms with Crippen molar-refractivity contribution in [2.75, 3.05) is 31.7 Å². The van der Waals surface area contributed by atoms with Crippen LogP contribution >= 0.6 is 0 Å². The van der Waals surface area contributed by atoms with Crippen molar-refractivity contribution in [1.82, 2.24) is 9.78 Å². The highest BCUT2D eigenvalue weighted by Crippen LogP contribution is 2.28. The largest absolute Gasteiger partial charge is 0.379 e. The molecular weight excluding hydrogens is 228 g/mol. The number of nitrogens with two attached hydrogens (primary N) is 1. The maximum Gasteiger partial charge on any atom is 0.131 e. The van der Waals surface area contributed by atoms with Crippen LogP contribution in [0, 0.1) is 12.8 Å². The van der Waals surface area contributed by atoms with Gasteiger partial charge >= 0.3 is 0 Å². The zero-order chi connectivity index (χ0) is 13.1. The zero-order valence-electron chi connectivity index (χ0n) is 11.6. The van der Waals surface area contributed by atoms with Crippen LogP contribution in [0.5, 0.6) is 0 Å². The minimum atomic E-state index is 0.530. The first-order chi connectivity index (χ1) is 8.63. The lowest BCUT2D eigenvalue weighted by molar-refractivity contribution is 0.130. The van der Waals surface area contributed by atoms with Gasteiger partial charge in [-0.25, -0.2) is 0 Å². The Morgan fingerprint density at radius 3 is 2.83 bits per heavy atom. The van der Waals surface area contributed by atoms with E-state index in [-0.39, 0.29) is 0 Å². The van der Waals surface area contributed by atoms with Gasteiger partial charge in [0.1, 0.15) is 5.82 Å². The third kappa shape index (κ3) is 3.03. The Kier molecular flexibility index (Phi) is 4.24. The summed E-state index contributed by atoms with van der Waals surface area (Å²) in [5.41, 5.74) is 7.94. The SMILES string of the molecule is Cc1nn(C)c(N(C)CCOCC2CC2)c1CN. The van der Waals surface area contributed by atoms with Crippen molar-refractivity contribution in [3.63, 3.8) is 0 Å². The quantitative estimate of drug-likeness (QED) is 0.737. The number of anilines is 1. The normalized spacial score (nSPS) is 15.1. The van der Waals surface area contributed by atoms with E-state index in [1.54, 1.807) is 0 Å². The Hall–Kier alpha value is -1.07. The third-order valence-electron chi connectivity index (χ3n) is 3.50. The molecular formula is C13H24N4O. The summed E-state index contributed by atoms with van der Waals surface area (Å²) < 4.78 is 7.57. The molecule has 0 spiro atoms. The minimum absolute atomic E-state index is 0.530. The highest BCUT2D eigenvalue weighted by Gasteiger charge is 2.21. The average Bonchev–Trinajstić information content (AvgIpc) is 3.09. The first-order valence-electron chi connectivity index (χ1n) is 6.65. The van der Waals surface area contributed by atoms with E-state index in [0.717, 1.165) is 42.8 Å². The van der Waals surface area contributed by atoms with E-state index in [1.165, 1.54) is 12.8 Å². The van der Waals surface area contributed by atoms with E-state index in [9.17, 15) is 0 Å². The summed E-state index contributed by atoms with van der Waals surface area (Å²) in [6, 6.07) is 0. The topological polar surface area (TPSA) is 56.3 Å². The van der Waals surface area contributed by atoms with E-state index >= 15 is 0 Å². The van der Waals surface area contributed by atoms with Crippen molar-refractivity contribution >= 4 is 5.82 Å². The van der Waals surface area contributed by atoms with Gasteiger partial charge in [-0.2, -0.15) is 5.10 Å². The van der Waals surface area contributed by atoms with Gasteiger partial charge < -0.3 is 15.4 Å². The molecule has 0 saturated heterocycles. The lowest BCUT2D eigenvalue weighted by Crippen LogP contribution is -2.26. The van der Waals surface area contributed by atoms with Crippen LogP contribution in [0.2, 0.25) is 0 Å². The molecule has 1 aromatic rings. The Morgan fingerprint density at radius 1 is 1.50 bits per heavy atom. The molecule has 0 aromatic carbocycles. The van der Waals surface area contributed by atoms with Crippen LogP contribution < -0.4 is 10.6 Å². The van der Waals surface area contributed by atoms with Crippen molar-refractivity contribution < 1.29 is 4.74 Å². The molecule has 0 unspecified atom stereocenters. The Balaban J connectivity index is 1.88. The van der Waals surface area contributed by atoms with Crippen molar-refractivity contribution in [3.8, 4) is 0 Å². The summed E-state index contributed by atoms with van der Waals surface area (Å²) >= 11 is 0. The summed E-state index contributed by atoms with van der Waals surface area (Å²) in [7, 11) is 4.03. The maximum atomic E-state index is 5.79. The van der Waals surface area contributed by atoms with Gasteiger partial charge in [0.05, 0.1) is 12.3 Å². The molecule has 1 saturated carbocycles. The molecule has 0 radical (unpaired) electrons. The molecule has 2 N–H and O–H groups in total.